The molecule has 3 rings (SSSR count). The number of halogens is 1. The molecule has 1 heterocycles. The Bertz CT molecular complexity index is 965. The Hall–Kier alpha value is -2.33. The standard InChI is InChI=1S/C24H30ClN3O/c1-7-28-22-11-16(3)18(12-20(22)17(4)13-24(28,5)6)14-26-27-23(29)19-9-8-15(2)10-21(19)25/h8-12,14,17H,7,13H2,1-6H3,(H,27,29)/b26-14-. The van der Waals surface area contributed by atoms with E-state index in [1.807, 2.05) is 13.0 Å². The minimum atomic E-state index is -0.311. The molecular formula is C24H30ClN3O. The molecule has 0 radical (unpaired) electrons. The molecule has 1 amide bonds. The monoisotopic (exact) mass is 411 g/mol. The van der Waals surface area contributed by atoms with Crippen molar-refractivity contribution < 1.29 is 4.79 Å². The summed E-state index contributed by atoms with van der Waals surface area (Å²) >= 11 is 6.17. The van der Waals surface area contributed by atoms with Gasteiger partial charge >= 0.3 is 0 Å². The highest BCUT2D eigenvalue weighted by Crippen LogP contribution is 2.43. The lowest BCUT2D eigenvalue weighted by Crippen LogP contribution is -2.48. The molecule has 1 aliphatic heterocycles. The molecule has 1 atom stereocenters. The van der Waals surface area contributed by atoms with Gasteiger partial charge in [-0.3, -0.25) is 4.79 Å². The van der Waals surface area contributed by atoms with E-state index in [-0.39, 0.29) is 11.4 Å². The lowest BCUT2D eigenvalue weighted by atomic mass is 9.79. The zero-order chi connectivity index (χ0) is 21.3. The molecule has 0 spiro atoms. The number of carbonyl (C=O) groups excluding carboxylic acids is 1. The summed E-state index contributed by atoms with van der Waals surface area (Å²) < 4.78 is 0. The molecule has 4 nitrogen and oxygen atoms in total. The van der Waals surface area contributed by atoms with Crippen molar-refractivity contribution >= 4 is 29.4 Å². The van der Waals surface area contributed by atoms with E-state index in [9.17, 15) is 4.79 Å². The Morgan fingerprint density at radius 1 is 1.31 bits per heavy atom. The zero-order valence-corrected chi connectivity index (χ0v) is 18.9. The Kier molecular flexibility index (Phi) is 6.04. The number of rotatable bonds is 4. The Morgan fingerprint density at radius 2 is 2.03 bits per heavy atom. The van der Waals surface area contributed by atoms with Crippen molar-refractivity contribution in [1.82, 2.24) is 5.43 Å². The maximum absolute atomic E-state index is 12.4. The average molecular weight is 412 g/mol. The molecule has 29 heavy (non-hydrogen) atoms. The van der Waals surface area contributed by atoms with Crippen LogP contribution in [0.3, 0.4) is 0 Å². The van der Waals surface area contributed by atoms with Crippen LogP contribution >= 0.6 is 11.6 Å². The fourth-order valence-electron chi connectivity index (χ4n) is 4.41. The average Bonchev–Trinajstić information content (AvgIpc) is 2.62. The van der Waals surface area contributed by atoms with Crippen LogP contribution in [-0.2, 0) is 0 Å². The second kappa shape index (κ2) is 8.19. The van der Waals surface area contributed by atoms with E-state index in [1.165, 1.54) is 11.3 Å². The van der Waals surface area contributed by atoms with Crippen LogP contribution in [0.25, 0.3) is 0 Å². The number of benzene rings is 2. The first-order valence-corrected chi connectivity index (χ1v) is 10.5. The van der Waals surface area contributed by atoms with Gasteiger partial charge in [0.25, 0.3) is 5.91 Å². The predicted molar refractivity (Wildman–Crippen MR) is 123 cm³/mol. The van der Waals surface area contributed by atoms with Crippen LogP contribution in [0.15, 0.2) is 35.4 Å². The van der Waals surface area contributed by atoms with Gasteiger partial charge in [0.1, 0.15) is 0 Å². The van der Waals surface area contributed by atoms with E-state index in [4.69, 9.17) is 11.6 Å². The van der Waals surface area contributed by atoms with Crippen LogP contribution in [-0.4, -0.2) is 24.2 Å². The molecule has 1 aliphatic rings. The van der Waals surface area contributed by atoms with Gasteiger partial charge in [-0.15, -0.1) is 0 Å². The summed E-state index contributed by atoms with van der Waals surface area (Å²) in [4.78, 5) is 14.9. The van der Waals surface area contributed by atoms with E-state index in [0.29, 0.717) is 16.5 Å². The van der Waals surface area contributed by atoms with Crippen molar-refractivity contribution in [2.45, 2.75) is 59.4 Å². The van der Waals surface area contributed by atoms with Crippen LogP contribution in [0.2, 0.25) is 5.02 Å². The molecule has 1 unspecified atom stereocenters. The van der Waals surface area contributed by atoms with Crippen LogP contribution in [0, 0.1) is 13.8 Å². The number of anilines is 1. The molecule has 0 aliphatic carbocycles. The summed E-state index contributed by atoms with van der Waals surface area (Å²) in [6, 6.07) is 9.81. The Balaban J connectivity index is 1.83. The third-order valence-electron chi connectivity index (χ3n) is 5.83. The van der Waals surface area contributed by atoms with E-state index in [1.54, 1.807) is 18.3 Å². The molecule has 2 aromatic rings. The first-order chi connectivity index (χ1) is 13.6. The highest BCUT2D eigenvalue weighted by Gasteiger charge is 2.35. The Labute approximate surface area is 179 Å². The number of nitrogens with zero attached hydrogens (tertiary/aromatic N) is 2. The lowest BCUT2D eigenvalue weighted by Gasteiger charge is -2.47. The smallest absolute Gasteiger partial charge is 0.272 e. The number of hydrogen-bond acceptors (Lipinski definition) is 3. The SMILES string of the molecule is CCN1c2cc(C)c(/C=N\NC(=O)c3ccc(C)cc3Cl)cc2C(C)CC1(C)C. The summed E-state index contributed by atoms with van der Waals surface area (Å²) in [6.07, 6.45) is 2.83. The topological polar surface area (TPSA) is 44.7 Å². The van der Waals surface area contributed by atoms with Crippen molar-refractivity contribution in [3.63, 3.8) is 0 Å². The van der Waals surface area contributed by atoms with E-state index >= 15 is 0 Å². The summed E-state index contributed by atoms with van der Waals surface area (Å²) in [5.74, 6) is 0.158. The number of carbonyl (C=O) groups is 1. The molecular weight excluding hydrogens is 382 g/mol. The fraction of sp³-hybridized carbons (Fsp3) is 0.417. The Morgan fingerprint density at radius 3 is 2.69 bits per heavy atom. The van der Waals surface area contributed by atoms with Gasteiger partial charge in [0.05, 0.1) is 16.8 Å². The van der Waals surface area contributed by atoms with Gasteiger partial charge in [-0.25, -0.2) is 5.43 Å². The maximum Gasteiger partial charge on any atom is 0.272 e. The second-order valence-electron chi connectivity index (χ2n) is 8.61. The van der Waals surface area contributed by atoms with Crippen molar-refractivity contribution in [1.29, 1.82) is 0 Å². The van der Waals surface area contributed by atoms with Gasteiger partial charge in [-0.2, -0.15) is 5.10 Å². The van der Waals surface area contributed by atoms with Crippen LogP contribution < -0.4 is 10.3 Å². The quantitative estimate of drug-likeness (QED) is 0.507. The molecule has 5 heteroatoms. The number of hydrazone groups is 1. The number of nitrogens with one attached hydrogen (secondary N) is 1. The predicted octanol–water partition coefficient (Wildman–Crippen LogP) is 5.83. The minimum absolute atomic E-state index is 0.143. The van der Waals surface area contributed by atoms with E-state index < -0.39 is 0 Å². The maximum atomic E-state index is 12.4. The number of aryl methyl sites for hydroxylation is 2. The molecule has 2 aromatic carbocycles. The molecule has 0 aromatic heterocycles. The molecule has 1 N–H and O–H groups in total. The third kappa shape index (κ3) is 4.32. The highest BCUT2D eigenvalue weighted by molar-refractivity contribution is 6.33. The van der Waals surface area contributed by atoms with Gasteiger partial charge in [0, 0.05) is 17.8 Å². The highest BCUT2D eigenvalue weighted by atomic mass is 35.5. The number of amides is 1. The summed E-state index contributed by atoms with van der Waals surface area (Å²) in [5, 5.41) is 4.62. The van der Waals surface area contributed by atoms with Gasteiger partial charge in [-0.1, -0.05) is 24.6 Å². The van der Waals surface area contributed by atoms with Crippen molar-refractivity contribution in [3.8, 4) is 0 Å². The molecule has 0 bridgehead atoms. The molecule has 0 saturated heterocycles. The summed E-state index contributed by atoms with van der Waals surface area (Å²) in [5.41, 5.74) is 8.97. The lowest BCUT2D eigenvalue weighted by molar-refractivity contribution is 0.0955. The first-order valence-electron chi connectivity index (χ1n) is 10.2. The van der Waals surface area contributed by atoms with Crippen LogP contribution in [0.1, 0.15) is 72.6 Å². The second-order valence-corrected chi connectivity index (χ2v) is 9.02. The van der Waals surface area contributed by atoms with Gasteiger partial charge in [-0.05, 0) is 93.5 Å². The largest absolute Gasteiger partial charge is 0.366 e. The van der Waals surface area contributed by atoms with Gasteiger partial charge < -0.3 is 4.90 Å². The number of hydrogen-bond donors (Lipinski definition) is 1. The third-order valence-corrected chi connectivity index (χ3v) is 6.14. The molecule has 0 fully saturated rings. The number of fused-ring (bicyclic) bond motifs is 1. The summed E-state index contributed by atoms with van der Waals surface area (Å²) in [7, 11) is 0. The first kappa shape index (κ1) is 21.4. The van der Waals surface area contributed by atoms with Crippen molar-refractivity contribution in [2.75, 3.05) is 11.4 Å². The zero-order valence-electron chi connectivity index (χ0n) is 18.1. The summed E-state index contributed by atoms with van der Waals surface area (Å²) in [6.45, 7) is 14.1. The molecule has 0 saturated carbocycles. The van der Waals surface area contributed by atoms with Crippen LogP contribution in [0.5, 0.6) is 0 Å². The normalized spacial score (nSPS) is 18.0. The van der Waals surface area contributed by atoms with Crippen LogP contribution in [0.4, 0.5) is 5.69 Å². The van der Waals surface area contributed by atoms with Crippen molar-refractivity contribution in [2.24, 2.45) is 5.10 Å². The van der Waals surface area contributed by atoms with Gasteiger partial charge in [0.2, 0.25) is 0 Å². The van der Waals surface area contributed by atoms with E-state index in [2.05, 4.69) is 62.2 Å². The molecule has 154 valence electrons. The van der Waals surface area contributed by atoms with Gasteiger partial charge in [0.15, 0.2) is 0 Å². The van der Waals surface area contributed by atoms with E-state index in [0.717, 1.165) is 29.7 Å². The van der Waals surface area contributed by atoms with Crippen molar-refractivity contribution in [3.05, 3.63) is 63.2 Å². The fourth-order valence-corrected chi connectivity index (χ4v) is 4.73. The minimum Gasteiger partial charge on any atom is -0.366 e.